The molecule has 5 rings (SSSR count). The highest BCUT2D eigenvalue weighted by atomic mass is 19.4. The van der Waals surface area contributed by atoms with Gasteiger partial charge in [-0.2, -0.15) is 18.3 Å². The van der Waals surface area contributed by atoms with Gasteiger partial charge >= 0.3 is 12.1 Å². The largest absolute Gasteiger partial charge is 0.503 e. The number of carbonyl (C=O) groups is 2. The van der Waals surface area contributed by atoms with Crippen molar-refractivity contribution in [2.75, 3.05) is 6.54 Å². The van der Waals surface area contributed by atoms with Crippen LogP contribution in [0.2, 0.25) is 0 Å². The maximum absolute atomic E-state index is 13.5. The molecule has 2 aromatic carbocycles. The number of aryl methyl sites for hydroxylation is 1. The number of pyridine rings is 1. The second-order valence-corrected chi connectivity index (χ2v) is 10.0. The van der Waals surface area contributed by atoms with Crippen LogP contribution in [0.3, 0.4) is 0 Å². The summed E-state index contributed by atoms with van der Waals surface area (Å²) >= 11 is 0. The molecule has 1 fully saturated rings. The molecule has 222 valence electrons. The number of phenols is 1. The molecule has 1 saturated carbocycles. The van der Waals surface area contributed by atoms with Crippen molar-refractivity contribution in [1.82, 2.24) is 20.1 Å². The van der Waals surface area contributed by atoms with Crippen LogP contribution in [0.1, 0.15) is 47.8 Å². The highest BCUT2D eigenvalue weighted by Crippen LogP contribution is 2.33. The minimum Gasteiger partial charge on any atom is -0.503 e. The van der Waals surface area contributed by atoms with Gasteiger partial charge in [0.2, 0.25) is 0 Å². The summed E-state index contributed by atoms with van der Waals surface area (Å²) in [5.74, 6) is -6.40. The number of carbonyl (C=O) groups excluding carboxylic acids is 1. The molecule has 2 aromatic heterocycles. The van der Waals surface area contributed by atoms with Crippen LogP contribution in [0.25, 0.3) is 22.2 Å². The number of hydrogen-bond acceptors (Lipinski definition) is 5. The van der Waals surface area contributed by atoms with E-state index >= 15 is 0 Å². The Hall–Kier alpha value is -4.55. The highest BCUT2D eigenvalue weighted by molar-refractivity contribution is 5.94. The van der Waals surface area contributed by atoms with Gasteiger partial charge in [-0.15, -0.1) is 0 Å². The van der Waals surface area contributed by atoms with E-state index in [1.165, 1.54) is 0 Å². The fraction of sp³-hybridized carbons (Fsp3) is 0.310. The summed E-state index contributed by atoms with van der Waals surface area (Å²) in [7, 11) is 0. The number of rotatable bonds is 5. The molecule has 0 aliphatic heterocycles. The van der Waals surface area contributed by atoms with E-state index in [1.807, 2.05) is 25.1 Å². The van der Waals surface area contributed by atoms with E-state index in [0.29, 0.717) is 6.54 Å². The molecule has 0 radical (unpaired) electrons. The molecule has 3 N–H and O–H groups in total. The molecule has 0 saturated heterocycles. The quantitative estimate of drug-likeness (QED) is 0.239. The number of hydrogen-bond donors (Lipinski definition) is 3. The Kier molecular flexibility index (Phi) is 9.08. The number of nitrogens with one attached hydrogen (secondary N) is 1. The molecule has 1 amide bonds. The van der Waals surface area contributed by atoms with Gasteiger partial charge in [-0.05, 0) is 68.9 Å². The minimum absolute atomic E-state index is 0.144. The summed E-state index contributed by atoms with van der Waals surface area (Å²) in [6.07, 6.45) is 0.700. The summed E-state index contributed by atoms with van der Waals surface area (Å²) < 4.78 is 60.8. The molecule has 0 bridgehead atoms. The van der Waals surface area contributed by atoms with E-state index in [1.54, 1.807) is 0 Å². The normalized spacial score (nSPS) is 16.9. The van der Waals surface area contributed by atoms with Crippen LogP contribution >= 0.6 is 0 Å². The number of halogens is 5. The lowest BCUT2D eigenvalue weighted by Gasteiger charge is -2.28. The number of nitrogens with zero attached hydrogens (tertiary/aromatic N) is 3. The third-order valence-corrected chi connectivity index (χ3v) is 6.97. The van der Waals surface area contributed by atoms with E-state index in [4.69, 9.17) is 15.0 Å². The van der Waals surface area contributed by atoms with Gasteiger partial charge in [0.1, 0.15) is 0 Å². The molecular weight excluding hydrogens is 563 g/mol. The molecule has 8 nitrogen and oxygen atoms in total. The topological polar surface area (TPSA) is 117 Å². The summed E-state index contributed by atoms with van der Waals surface area (Å²) in [6.45, 7) is 2.41. The van der Waals surface area contributed by atoms with Crippen LogP contribution in [0.4, 0.5) is 22.0 Å². The van der Waals surface area contributed by atoms with Crippen LogP contribution in [0.15, 0.2) is 54.7 Å². The summed E-state index contributed by atoms with van der Waals surface area (Å²) in [6, 6.07) is 14.2. The Morgan fingerprint density at radius 1 is 1.02 bits per heavy atom. The van der Waals surface area contributed by atoms with Crippen molar-refractivity contribution in [3.8, 4) is 17.0 Å². The Morgan fingerprint density at radius 3 is 2.26 bits per heavy atom. The fourth-order valence-corrected chi connectivity index (χ4v) is 4.73. The maximum Gasteiger partial charge on any atom is 0.490 e. The standard InChI is InChI=1S/C27H26F2N4O2.C2HF3O2/c1-16-3-2-4-24(31-16)18-7-8-19-15-33(32-25(19)13-18)21-9-5-17(6-10-21)14-30-27(35)20-11-22(28)26(34)23(29)12-20;3-2(4,5)1(6)7/h2-4,7-8,11-13,15,17,21,34H,5-6,9-10,14H2,1H3,(H,30,35);(H,6,7). The van der Waals surface area contributed by atoms with E-state index in [2.05, 4.69) is 39.4 Å². The lowest BCUT2D eigenvalue weighted by atomic mass is 9.86. The van der Waals surface area contributed by atoms with Crippen molar-refractivity contribution in [3.05, 3.63) is 77.6 Å². The van der Waals surface area contributed by atoms with Crippen LogP contribution in [-0.4, -0.2) is 49.6 Å². The third-order valence-electron chi connectivity index (χ3n) is 6.97. The number of aliphatic carboxylic acids is 1. The van der Waals surface area contributed by atoms with E-state index in [9.17, 15) is 31.9 Å². The molecule has 0 unspecified atom stereocenters. The number of phenolic OH excluding ortho intramolecular Hbond substituents is 1. The first-order chi connectivity index (χ1) is 19.8. The average molecular weight is 591 g/mol. The predicted octanol–water partition coefficient (Wildman–Crippen LogP) is 6.19. The maximum atomic E-state index is 13.5. The van der Waals surface area contributed by atoms with Crippen molar-refractivity contribution in [2.24, 2.45) is 5.92 Å². The van der Waals surface area contributed by atoms with Crippen molar-refractivity contribution >= 4 is 22.8 Å². The molecule has 2 heterocycles. The molecule has 4 aromatic rings. The number of aromatic hydroxyl groups is 1. The average Bonchev–Trinajstić information content (AvgIpc) is 3.38. The number of amides is 1. The lowest BCUT2D eigenvalue weighted by Crippen LogP contribution is -2.31. The van der Waals surface area contributed by atoms with Crippen LogP contribution < -0.4 is 5.32 Å². The number of carboxylic acid groups (broad SMARTS) is 1. The zero-order valence-electron chi connectivity index (χ0n) is 22.3. The Bertz CT molecular complexity index is 1570. The zero-order chi connectivity index (χ0) is 30.6. The summed E-state index contributed by atoms with van der Waals surface area (Å²) in [5, 5.41) is 25.0. The number of fused-ring (bicyclic) bond motifs is 1. The van der Waals surface area contributed by atoms with Crippen LogP contribution in [0.5, 0.6) is 5.75 Å². The summed E-state index contributed by atoms with van der Waals surface area (Å²) in [5.41, 5.74) is 3.74. The van der Waals surface area contributed by atoms with Gasteiger partial charge in [-0.1, -0.05) is 18.2 Å². The second-order valence-electron chi connectivity index (χ2n) is 10.0. The molecular formula is C29H27F5N4O4. The van der Waals surface area contributed by atoms with E-state index in [-0.39, 0.29) is 17.5 Å². The molecule has 42 heavy (non-hydrogen) atoms. The van der Waals surface area contributed by atoms with Gasteiger partial charge in [-0.3, -0.25) is 14.5 Å². The van der Waals surface area contributed by atoms with Gasteiger partial charge < -0.3 is 15.5 Å². The number of alkyl halides is 3. The highest BCUT2D eigenvalue weighted by Gasteiger charge is 2.38. The smallest absolute Gasteiger partial charge is 0.490 e. The number of aromatic nitrogens is 3. The van der Waals surface area contributed by atoms with Gasteiger partial charge in [0.15, 0.2) is 17.4 Å². The predicted molar refractivity (Wildman–Crippen MR) is 143 cm³/mol. The van der Waals surface area contributed by atoms with Crippen molar-refractivity contribution in [2.45, 2.75) is 44.8 Å². The van der Waals surface area contributed by atoms with Gasteiger partial charge in [0.05, 0.1) is 17.3 Å². The molecule has 0 atom stereocenters. The monoisotopic (exact) mass is 590 g/mol. The molecule has 0 spiro atoms. The Morgan fingerprint density at radius 2 is 1.67 bits per heavy atom. The molecule has 1 aliphatic carbocycles. The van der Waals surface area contributed by atoms with Crippen LogP contribution in [-0.2, 0) is 4.79 Å². The molecule has 13 heteroatoms. The lowest BCUT2D eigenvalue weighted by molar-refractivity contribution is -0.192. The second kappa shape index (κ2) is 12.5. The van der Waals surface area contributed by atoms with Crippen molar-refractivity contribution in [1.29, 1.82) is 0 Å². The summed E-state index contributed by atoms with van der Waals surface area (Å²) in [4.78, 5) is 25.8. The number of carboxylic acids is 1. The Balaban J connectivity index is 0.000000517. The van der Waals surface area contributed by atoms with E-state index < -0.39 is 35.4 Å². The Labute approximate surface area is 236 Å². The first kappa shape index (κ1) is 30.4. The first-order valence-electron chi connectivity index (χ1n) is 13.0. The fourth-order valence-electron chi connectivity index (χ4n) is 4.73. The molecule has 1 aliphatic rings. The van der Waals surface area contributed by atoms with Gasteiger partial charge in [-0.25, -0.2) is 13.6 Å². The van der Waals surface area contributed by atoms with Crippen molar-refractivity contribution < 1.29 is 41.8 Å². The van der Waals surface area contributed by atoms with Gasteiger partial charge in [0.25, 0.3) is 5.91 Å². The third kappa shape index (κ3) is 7.39. The minimum atomic E-state index is -5.08. The van der Waals surface area contributed by atoms with E-state index in [0.717, 1.165) is 65.7 Å². The first-order valence-corrected chi connectivity index (χ1v) is 13.0. The SMILES string of the molecule is Cc1cccc(-c2ccc3cn(C4CCC(CNC(=O)c5cc(F)c(O)c(F)c5)CC4)nc3c2)n1.O=C(O)C(F)(F)F. The zero-order valence-corrected chi connectivity index (χ0v) is 22.3. The van der Waals surface area contributed by atoms with Crippen LogP contribution in [0, 0.1) is 24.5 Å². The number of benzene rings is 2. The van der Waals surface area contributed by atoms with Gasteiger partial charge in [0, 0.05) is 34.9 Å². The van der Waals surface area contributed by atoms with Crippen molar-refractivity contribution in [3.63, 3.8) is 0 Å².